The minimum Gasteiger partial charge on any atom is -0.497 e. The number of nitrogens with zero attached hydrogens (tertiary/aromatic N) is 3. The van der Waals surface area contributed by atoms with Gasteiger partial charge in [-0.05, 0) is 12.1 Å². The highest BCUT2D eigenvalue weighted by atomic mass is 16.5. The summed E-state index contributed by atoms with van der Waals surface area (Å²) < 4.78 is 5.16. The lowest BCUT2D eigenvalue weighted by atomic mass is 10.3. The summed E-state index contributed by atoms with van der Waals surface area (Å²) in [7, 11) is 1.63. The lowest BCUT2D eigenvalue weighted by Crippen LogP contribution is -2.05. The first-order chi connectivity index (χ1) is 9.31. The molecule has 2 N–H and O–H groups in total. The van der Waals surface area contributed by atoms with Crippen LogP contribution in [0.4, 0.5) is 17.5 Å². The Labute approximate surface area is 111 Å². The summed E-state index contributed by atoms with van der Waals surface area (Å²) in [5.41, 5.74) is 0.870. The van der Waals surface area contributed by atoms with Crippen molar-refractivity contribution in [2.24, 2.45) is 0 Å². The highest BCUT2D eigenvalue weighted by molar-refractivity contribution is 5.58. The summed E-state index contributed by atoms with van der Waals surface area (Å²) in [4.78, 5) is 4.28. The lowest BCUT2D eigenvalue weighted by molar-refractivity contribution is 0.415. The van der Waals surface area contributed by atoms with Gasteiger partial charge >= 0.3 is 0 Å². The van der Waals surface area contributed by atoms with E-state index in [4.69, 9.17) is 4.74 Å². The van der Waals surface area contributed by atoms with Gasteiger partial charge in [0.05, 0.1) is 13.3 Å². The molecule has 2 aromatic rings. The van der Waals surface area contributed by atoms with E-state index in [9.17, 15) is 0 Å². The van der Waals surface area contributed by atoms with E-state index in [0.29, 0.717) is 18.3 Å². The van der Waals surface area contributed by atoms with Crippen LogP contribution in [0.3, 0.4) is 0 Å². The monoisotopic (exact) mass is 257 g/mol. The fourth-order valence-corrected chi connectivity index (χ4v) is 1.45. The summed E-state index contributed by atoms with van der Waals surface area (Å²) in [6.07, 6.45) is 3.28. The van der Waals surface area contributed by atoms with Crippen LogP contribution in [0.2, 0.25) is 0 Å². The molecule has 0 spiro atoms. The number of hydrogen-bond acceptors (Lipinski definition) is 6. The van der Waals surface area contributed by atoms with Crippen molar-refractivity contribution in [2.45, 2.75) is 0 Å². The largest absolute Gasteiger partial charge is 0.497 e. The van der Waals surface area contributed by atoms with Crippen molar-refractivity contribution < 1.29 is 4.74 Å². The third-order valence-electron chi connectivity index (χ3n) is 2.31. The molecule has 0 unspecified atom stereocenters. The lowest BCUT2D eigenvalue weighted by Gasteiger charge is -2.07. The molecule has 1 aromatic carbocycles. The van der Waals surface area contributed by atoms with Gasteiger partial charge in [-0.2, -0.15) is 10.1 Å². The molecular formula is C13H15N5O. The summed E-state index contributed by atoms with van der Waals surface area (Å²) in [5.74, 6) is 1.83. The number of ether oxygens (including phenoxy) is 1. The molecule has 0 atom stereocenters. The summed E-state index contributed by atoms with van der Waals surface area (Å²) in [6, 6.07) is 7.56. The van der Waals surface area contributed by atoms with E-state index in [1.165, 1.54) is 0 Å². The molecule has 19 heavy (non-hydrogen) atoms. The maximum Gasteiger partial charge on any atom is 0.244 e. The van der Waals surface area contributed by atoms with E-state index in [1.54, 1.807) is 19.4 Å². The van der Waals surface area contributed by atoms with Crippen LogP contribution in [-0.2, 0) is 0 Å². The van der Waals surface area contributed by atoms with Crippen molar-refractivity contribution in [1.29, 1.82) is 0 Å². The van der Waals surface area contributed by atoms with Crippen LogP contribution in [0.1, 0.15) is 0 Å². The quantitative estimate of drug-likeness (QED) is 0.773. The van der Waals surface area contributed by atoms with Gasteiger partial charge in [-0.1, -0.05) is 12.1 Å². The van der Waals surface area contributed by atoms with Crippen molar-refractivity contribution in [3.05, 3.63) is 43.1 Å². The van der Waals surface area contributed by atoms with E-state index < -0.39 is 0 Å². The highest BCUT2D eigenvalue weighted by Gasteiger charge is 2.01. The Balaban J connectivity index is 2.11. The molecule has 0 amide bonds. The molecule has 1 aromatic heterocycles. The molecule has 0 aliphatic carbocycles. The topological polar surface area (TPSA) is 72.0 Å². The molecule has 6 nitrogen and oxygen atoms in total. The van der Waals surface area contributed by atoms with E-state index in [2.05, 4.69) is 32.4 Å². The summed E-state index contributed by atoms with van der Waals surface area (Å²) in [5, 5.41) is 13.9. The Morgan fingerprint density at radius 1 is 1.42 bits per heavy atom. The van der Waals surface area contributed by atoms with Gasteiger partial charge in [-0.15, -0.1) is 11.7 Å². The Kier molecular flexibility index (Phi) is 4.28. The zero-order valence-corrected chi connectivity index (χ0v) is 10.6. The Bertz CT molecular complexity index is 558. The zero-order valence-electron chi connectivity index (χ0n) is 10.6. The van der Waals surface area contributed by atoms with E-state index in [0.717, 1.165) is 11.4 Å². The molecule has 0 bridgehead atoms. The van der Waals surface area contributed by atoms with Crippen molar-refractivity contribution >= 4 is 17.5 Å². The second kappa shape index (κ2) is 6.34. The van der Waals surface area contributed by atoms with Crippen LogP contribution in [0.25, 0.3) is 0 Å². The first kappa shape index (κ1) is 12.8. The average Bonchev–Trinajstić information content (AvgIpc) is 2.46. The zero-order chi connectivity index (χ0) is 13.5. The second-order valence-electron chi connectivity index (χ2n) is 3.69. The maximum atomic E-state index is 5.16. The van der Waals surface area contributed by atoms with Crippen molar-refractivity contribution in [3.8, 4) is 5.75 Å². The Morgan fingerprint density at radius 2 is 2.32 bits per heavy atom. The third kappa shape index (κ3) is 3.67. The molecule has 6 heteroatoms. The van der Waals surface area contributed by atoms with Gasteiger partial charge in [0, 0.05) is 18.3 Å². The normalized spacial score (nSPS) is 9.74. The number of methoxy groups -OCH3 is 1. The Morgan fingerprint density at radius 3 is 3.11 bits per heavy atom. The van der Waals surface area contributed by atoms with Gasteiger partial charge in [0.15, 0.2) is 5.82 Å². The number of hydrogen-bond donors (Lipinski definition) is 2. The summed E-state index contributed by atoms with van der Waals surface area (Å²) in [6.45, 7) is 4.20. The highest BCUT2D eigenvalue weighted by Crippen LogP contribution is 2.19. The fraction of sp³-hybridized carbons (Fsp3) is 0.154. The molecule has 0 aliphatic heterocycles. The van der Waals surface area contributed by atoms with Crippen LogP contribution in [0, 0.1) is 0 Å². The number of nitrogens with one attached hydrogen (secondary N) is 2. The van der Waals surface area contributed by atoms with Crippen LogP contribution in [-0.4, -0.2) is 28.8 Å². The minimum atomic E-state index is 0.452. The van der Waals surface area contributed by atoms with Crippen LogP contribution < -0.4 is 15.4 Å². The minimum absolute atomic E-state index is 0.452. The average molecular weight is 257 g/mol. The molecular weight excluding hydrogens is 242 g/mol. The standard InChI is InChI=1S/C13H15N5O/c1-3-7-14-13-17-12(9-15-18-13)16-10-5-4-6-11(8-10)19-2/h3-6,8-9H,1,7H2,2H3,(H2,14,16,17,18). The predicted molar refractivity (Wildman–Crippen MR) is 74.8 cm³/mol. The maximum absolute atomic E-state index is 5.16. The molecule has 1 heterocycles. The number of anilines is 3. The molecule has 0 saturated heterocycles. The molecule has 0 radical (unpaired) electrons. The number of rotatable bonds is 6. The molecule has 0 saturated carbocycles. The van der Waals surface area contributed by atoms with E-state index >= 15 is 0 Å². The Hall–Kier alpha value is -2.63. The first-order valence-electron chi connectivity index (χ1n) is 5.77. The van der Waals surface area contributed by atoms with Gasteiger partial charge in [0.25, 0.3) is 0 Å². The van der Waals surface area contributed by atoms with Crippen LogP contribution in [0.5, 0.6) is 5.75 Å². The molecule has 2 rings (SSSR count). The first-order valence-corrected chi connectivity index (χ1v) is 5.77. The smallest absolute Gasteiger partial charge is 0.244 e. The second-order valence-corrected chi connectivity index (χ2v) is 3.69. The SMILES string of the molecule is C=CCNc1nncc(Nc2cccc(OC)c2)n1. The molecule has 0 aliphatic rings. The predicted octanol–water partition coefficient (Wildman–Crippen LogP) is 2.22. The van der Waals surface area contributed by atoms with Crippen molar-refractivity contribution in [2.75, 3.05) is 24.3 Å². The van der Waals surface area contributed by atoms with Gasteiger partial charge < -0.3 is 15.4 Å². The third-order valence-corrected chi connectivity index (χ3v) is 2.31. The fourth-order valence-electron chi connectivity index (χ4n) is 1.45. The van der Waals surface area contributed by atoms with Gasteiger partial charge in [0.1, 0.15) is 5.75 Å². The number of aromatic nitrogens is 3. The molecule has 0 fully saturated rings. The van der Waals surface area contributed by atoms with E-state index in [1.807, 2.05) is 24.3 Å². The van der Waals surface area contributed by atoms with Gasteiger partial charge in [-0.3, -0.25) is 0 Å². The van der Waals surface area contributed by atoms with Gasteiger partial charge in [-0.25, -0.2) is 0 Å². The van der Waals surface area contributed by atoms with E-state index in [-0.39, 0.29) is 0 Å². The van der Waals surface area contributed by atoms with Crippen molar-refractivity contribution in [3.63, 3.8) is 0 Å². The van der Waals surface area contributed by atoms with Gasteiger partial charge in [0.2, 0.25) is 5.95 Å². The number of benzene rings is 1. The van der Waals surface area contributed by atoms with Crippen molar-refractivity contribution in [1.82, 2.24) is 15.2 Å². The van der Waals surface area contributed by atoms with Crippen LogP contribution >= 0.6 is 0 Å². The molecule has 98 valence electrons. The van der Waals surface area contributed by atoms with Crippen LogP contribution in [0.15, 0.2) is 43.1 Å². The summed E-state index contributed by atoms with van der Waals surface area (Å²) >= 11 is 0.